The maximum atomic E-state index is 13.3. The first-order valence-electron chi connectivity index (χ1n) is 6.94. The molecule has 0 radical (unpaired) electrons. The van der Waals surface area contributed by atoms with Crippen molar-refractivity contribution < 1.29 is 17.7 Å². The molecule has 0 spiro atoms. The van der Waals surface area contributed by atoms with E-state index in [1.54, 1.807) is 23.6 Å². The van der Waals surface area contributed by atoms with Gasteiger partial charge < -0.3 is 9.26 Å². The van der Waals surface area contributed by atoms with Crippen molar-refractivity contribution in [2.75, 3.05) is 7.11 Å². The summed E-state index contributed by atoms with van der Waals surface area (Å²) < 4.78 is 38.0. The number of aryl methyl sites for hydroxylation is 1. The molecular weight excluding hydrogens is 447 g/mol. The minimum atomic E-state index is -3.88. The molecule has 3 aromatic heterocycles. The molecule has 0 aliphatic rings. The summed E-state index contributed by atoms with van der Waals surface area (Å²) in [6, 6.07) is 1.59. The van der Waals surface area contributed by atoms with Crippen LogP contribution in [0.4, 0.5) is 0 Å². The molecule has 0 fully saturated rings. The highest BCUT2D eigenvalue weighted by Crippen LogP contribution is 2.38. The van der Waals surface area contributed by atoms with E-state index in [1.165, 1.54) is 27.2 Å². The van der Waals surface area contributed by atoms with Crippen LogP contribution in [0.25, 0.3) is 5.65 Å². The van der Waals surface area contributed by atoms with Gasteiger partial charge in [-0.15, -0.1) is 0 Å². The maximum Gasteiger partial charge on any atom is 0.247 e. The largest absolute Gasteiger partial charge is 0.495 e. The fourth-order valence-electron chi connectivity index (χ4n) is 2.25. The van der Waals surface area contributed by atoms with E-state index in [0.717, 1.165) is 3.70 Å². The maximum absolute atomic E-state index is 13.3. The summed E-state index contributed by atoms with van der Waals surface area (Å²) in [5, 5.41) is 3.69. The SMILES string of the molecule is COc1cc2ncc(I)n2cc1S(=O)(=O)C(C)(C)c1nc(C)no1. The number of aromatic nitrogens is 4. The summed E-state index contributed by atoms with van der Waals surface area (Å²) in [6.07, 6.45) is 3.15. The molecule has 24 heavy (non-hydrogen) atoms. The van der Waals surface area contributed by atoms with Gasteiger partial charge in [0, 0.05) is 12.3 Å². The van der Waals surface area contributed by atoms with Crippen LogP contribution in [-0.4, -0.2) is 35.1 Å². The molecule has 0 N–H and O–H groups in total. The lowest BCUT2D eigenvalue weighted by atomic mass is 10.2. The first kappa shape index (κ1) is 17.1. The predicted octanol–water partition coefficient (Wildman–Crippen LogP) is 2.35. The lowest BCUT2D eigenvalue weighted by molar-refractivity contribution is 0.343. The zero-order valence-electron chi connectivity index (χ0n) is 13.4. The van der Waals surface area contributed by atoms with Gasteiger partial charge in [-0.1, -0.05) is 5.16 Å². The Kier molecular flexibility index (Phi) is 4.06. The van der Waals surface area contributed by atoms with E-state index in [-0.39, 0.29) is 16.5 Å². The average molecular weight is 462 g/mol. The second kappa shape index (κ2) is 5.69. The number of nitrogens with zero attached hydrogens (tertiary/aromatic N) is 4. The number of ether oxygens (including phenoxy) is 1. The topological polar surface area (TPSA) is 99.6 Å². The number of sulfone groups is 1. The van der Waals surface area contributed by atoms with Crippen LogP contribution in [0.1, 0.15) is 25.6 Å². The van der Waals surface area contributed by atoms with Gasteiger partial charge in [0.25, 0.3) is 0 Å². The Labute approximate surface area is 152 Å². The molecule has 0 bridgehead atoms. The Morgan fingerprint density at radius 2 is 2.08 bits per heavy atom. The van der Waals surface area contributed by atoms with E-state index in [1.807, 2.05) is 0 Å². The van der Waals surface area contributed by atoms with Crippen molar-refractivity contribution in [2.24, 2.45) is 0 Å². The van der Waals surface area contributed by atoms with E-state index < -0.39 is 14.6 Å². The zero-order valence-corrected chi connectivity index (χ0v) is 16.4. The summed E-state index contributed by atoms with van der Waals surface area (Å²) in [7, 11) is -2.46. The molecule has 0 aliphatic carbocycles. The third-order valence-electron chi connectivity index (χ3n) is 3.75. The van der Waals surface area contributed by atoms with Gasteiger partial charge >= 0.3 is 0 Å². The smallest absolute Gasteiger partial charge is 0.247 e. The minimum Gasteiger partial charge on any atom is -0.495 e. The number of fused-ring (bicyclic) bond motifs is 1. The van der Waals surface area contributed by atoms with E-state index in [0.29, 0.717) is 11.5 Å². The number of pyridine rings is 1. The first-order valence-corrected chi connectivity index (χ1v) is 9.50. The van der Waals surface area contributed by atoms with Gasteiger partial charge in [0.2, 0.25) is 5.89 Å². The quantitative estimate of drug-likeness (QED) is 0.549. The molecular formula is C14H15IN4O4S. The van der Waals surface area contributed by atoms with E-state index in [2.05, 4.69) is 37.7 Å². The Bertz CT molecular complexity index is 1020. The summed E-state index contributed by atoms with van der Waals surface area (Å²) in [4.78, 5) is 8.33. The van der Waals surface area contributed by atoms with Gasteiger partial charge in [-0.2, -0.15) is 4.98 Å². The molecule has 128 valence electrons. The highest BCUT2D eigenvalue weighted by atomic mass is 127. The molecule has 0 aromatic carbocycles. The summed E-state index contributed by atoms with van der Waals surface area (Å²) >= 11 is 2.08. The number of hydrogen-bond donors (Lipinski definition) is 0. The third kappa shape index (κ3) is 2.48. The van der Waals surface area contributed by atoms with Crippen molar-refractivity contribution in [2.45, 2.75) is 30.4 Å². The van der Waals surface area contributed by atoms with Crippen molar-refractivity contribution >= 4 is 38.1 Å². The molecule has 0 saturated carbocycles. The normalized spacial score (nSPS) is 12.7. The van der Waals surface area contributed by atoms with E-state index in [9.17, 15) is 8.42 Å². The predicted molar refractivity (Wildman–Crippen MR) is 93.7 cm³/mol. The fraction of sp³-hybridized carbons (Fsp3) is 0.357. The number of hydrogen-bond acceptors (Lipinski definition) is 7. The van der Waals surface area contributed by atoms with E-state index in [4.69, 9.17) is 9.26 Å². The summed E-state index contributed by atoms with van der Waals surface area (Å²) in [5.41, 5.74) is 0.599. The van der Waals surface area contributed by atoms with Crippen molar-refractivity contribution in [3.63, 3.8) is 0 Å². The van der Waals surface area contributed by atoms with Crippen LogP contribution in [0.3, 0.4) is 0 Å². The van der Waals surface area contributed by atoms with E-state index >= 15 is 0 Å². The van der Waals surface area contributed by atoms with Crippen LogP contribution in [0.2, 0.25) is 0 Å². The molecule has 0 saturated heterocycles. The molecule has 8 nitrogen and oxygen atoms in total. The van der Waals surface area contributed by atoms with Gasteiger partial charge in [-0.3, -0.25) is 4.40 Å². The van der Waals surface area contributed by atoms with Crippen molar-refractivity contribution in [1.29, 1.82) is 0 Å². The summed E-state index contributed by atoms with van der Waals surface area (Å²) in [5.74, 6) is 0.621. The van der Waals surface area contributed by atoms with Crippen molar-refractivity contribution in [1.82, 2.24) is 19.5 Å². The Hall–Kier alpha value is -1.69. The highest BCUT2D eigenvalue weighted by molar-refractivity contribution is 14.1. The Morgan fingerprint density at radius 3 is 2.67 bits per heavy atom. The lowest BCUT2D eigenvalue weighted by Gasteiger charge is -2.22. The van der Waals surface area contributed by atoms with Crippen LogP contribution in [0.5, 0.6) is 5.75 Å². The van der Waals surface area contributed by atoms with Crippen LogP contribution >= 0.6 is 22.6 Å². The van der Waals surface area contributed by atoms with Gasteiger partial charge in [0.1, 0.15) is 24.7 Å². The van der Waals surface area contributed by atoms with Crippen LogP contribution in [0, 0.1) is 10.6 Å². The molecule has 0 aliphatic heterocycles. The van der Waals surface area contributed by atoms with Crippen LogP contribution in [-0.2, 0) is 14.6 Å². The zero-order chi connectivity index (χ0) is 17.7. The standard InChI is InChI=1S/C14H15IN4O4S/c1-8-17-13(23-18-8)14(2,3)24(20,21)10-7-19-11(15)6-16-12(19)5-9(10)22-4/h5-7H,1-4H3. The van der Waals surface area contributed by atoms with Gasteiger partial charge in [0.05, 0.1) is 13.3 Å². The molecule has 0 amide bonds. The first-order chi connectivity index (χ1) is 11.2. The number of rotatable bonds is 4. The van der Waals surface area contributed by atoms with Gasteiger partial charge in [-0.25, -0.2) is 13.4 Å². The second-order valence-corrected chi connectivity index (χ2v) is 9.25. The molecule has 0 unspecified atom stereocenters. The highest BCUT2D eigenvalue weighted by Gasteiger charge is 2.44. The van der Waals surface area contributed by atoms with Crippen LogP contribution < -0.4 is 4.74 Å². The molecule has 10 heteroatoms. The average Bonchev–Trinajstić information content (AvgIpc) is 3.12. The number of halogens is 1. The molecule has 3 rings (SSSR count). The Balaban J connectivity index is 2.25. The fourth-order valence-corrected chi connectivity index (χ4v) is 4.29. The number of imidazole rings is 1. The van der Waals surface area contributed by atoms with Crippen molar-refractivity contribution in [3.8, 4) is 5.75 Å². The summed E-state index contributed by atoms with van der Waals surface area (Å²) in [6.45, 7) is 4.69. The molecule has 3 heterocycles. The van der Waals surface area contributed by atoms with Gasteiger partial charge in [-0.05, 0) is 43.4 Å². The third-order valence-corrected chi connectivity index (χ3v) is 6.96. The lowest BCUT2D eigenvalue weighted by Crippen LogP contribution is -2.30. The Morgan fingerprint density at radius 1 is 1.38 bits per heavy atom. The monoisotopic (exact) mass is 462 g/mol. The molecule has 0 atom stereocenters. The van der Waals surface area contributed by atoms with Crippen LogP contribution in [0.15, 0.2) is 27.9 Å². The number of methoxy groups -OCH3 is 1. The second-order valence-electron chi connectivity index (χ2n) is 5.68. The molecule has 3 aromatic rings. The van der Waals surface area contributed by atoms with Gasteiger partial charge in [0.15, 0.2) is 15.7 Å². The minimum absolute atomic E-state index is 0.0301. The van der Waals surface area contributed by atoms with Crippen molar-refractivity contribution in [3.05, 3.63) is 33.9 Å².